The third-order valence-corrected chi connectivity index (χ3v) is 13.8. The van der Waals surface area contributed by atoms with Crippen LogP contribution in [0.15, 0.2) is 81.8 Å². The molecule has 2 aliphatic carbocycles. The van der Waals surface area contributed by atoms with E-state index in [0.717, 1.165) is 68.6 Å². The van der Waals surface area contributed by atoms with Crippen LogP contribution in [0.3, 0.4) is 0 Å². The Morgan fingerprint density at radius 3 is 1.56 bits per heavy atom. The van der Waals surface area contributed by atoms with Crippen molar-refractivity contribution in [2.75, 3.05) is 45.9 Å². The van der Waals surface area contributed by atoms with Crippen molar-refractivity contribution in [3.05, 3.63) is 106 Å². The van der Waals surface area contributed by atoms with Crippen molar-refractivity contribution in [3.63, 3.8) is 0 Å². The van der Waals surface area contributed by atoms with E-state index in [9.17, 15) is 15.6 Å². The minimum absolute atomic E-state index is 0.00431. The third-order valence-electron chi connectivity index (χ3n) is 13.8. The summed E-state index contributed by atoms with van der Waals surface area (Å²) in [6.07, 6.45) is 7.85. The zero-order valence-corrected chi connectivity index (χ0v) is 38.6. The standard InChI is InChI=1S/C27H30N4O2.C26H28N4O3/c1-4-13-31-14-12-27(17-31)11-10-21-22(6-5-7-23(21)27)25-29-26(33-30-25)19-8-9-24(32-18(2)3)20(15-19)16-28;1-17(2)32-23-7-6-18(14-19(23)15-27)25-28-24(29-33-25)21-4-3-5-22-20(21)8-9-26(22)10-11-30(16-26)12-13-31/h5-9,15,18H,4,10-14,17H2,1-3H3;3-7,14,17,31H,8-13,16H2,1-2H3. The molecule has 1 N–H and O–H groups in total. The summed E-state index contributed by atoms with van der Waals surface area (Å²) in [5, 5.41) is 37.0. The first kappa shape index (κ1) is 44.8. The van der Waals surface area contributed by atoms with Gasteiger partial charge in [-0.25, -0.2) is 0 Å². The molecule has 0 saturated carbocycles. The van der Waals surface area contributed by atoms with Crippen molar-refractivity contribution in [2.45, 2.75) is 103 Å². The zero-order chi connectivity index (χ0) is 46.0. The molecule has 2 aromatic heterocycles. The Hall–Kier alpha value is -6.38. The van der Waals surface area contributed by atoms with E-state index in [2.05, 4.69) is 80.6 Å². The van der Waals surface area contributed by atoms with E-state index in [1.165, 1.54) is 54.6 Å². The van der Waals surface area contributed by atoms with Gasteiger partial charge in [0.05, 0.1) is 29.9 Å². The van der Waals surface area contributed by atoms with Crippen LogP contribution in [0.1, 0.15) is 100 Å². The average molecular weight is 887 g/mol. The predicted octanol–water partition coefficient (Wildman–Crippen LogP) is 9.31. The predicted molar refractivity (Wildman–Crippen MR) is 251 cm³/mol. The first-order valence-electron chi connectivity index (χ1n) is 23.5. The summed E-state index contributed by atoms with van der Waals surface area (Å²) in [4.78, 5) is 14.4. The monoisotopic (exact) mass is 886 g/mol. The highest BCUT2D eigenvalue weighted by Crippen LogP contribution is 2.49. The Morgan fingerprint density at radius 1 is 0.667 bits per heavy atom. The van der Waals surface area contributed by atoms with Crippen molar-refractivity contribution in [2.24, 2.45) is 0 Å². The van der Waals surface area contributed by atoms with Gasteiger partial charge in [0.25, 0.3) is 11.8 Å². The van der Waals surface area contributed by atoms with Crippen molar-refractivity contribution in [3.8, 4) is 69.3 Å². The van der Waals surface area contributed by atoms with Crippen LogP contribution in [0.25, 0.3) is 45.7 Å². The summed E-state index contributed by atoms with van der Waals surface area (Å²) in [5.74, 6) is 3.11. The smallest absolute Gasteiger partial charge is 0.258 e. The van der Waals surface area contributed by atoms with E-state index in [4.69, 9.17) is 23.5 Å². The summed E-state index contributed by atoms with van der Waals surface area (Å²) in [6, 6.07) is 28.1. The molecule has 13 heteroatoms. The Kier molecular flexibility index (Phi) is 12.8. The number of aromatic nitrogens is 4. The van der Waals surface area contributed by atoms with Crippen LogP contribution in [0.2, 0.25) is 0 Å². The van der Waals surface area contributed by atoms with E-state index < -0.39 is 0 Å². The van der Waals surface area contributed by atoms with E-state index in [0.29, 0.717) is 51.6 Å². The zero-order valence-electron chi connectivity index (χ0n) is 38.6. The number of aliphatic hydroxyl groups is 1. The highest BCUT2D eigenvalue weighted by atomic mass is 16.5. The van der Waals surface area contributed by atoms with Gasteiger partial charge >= 0.3 is 0 Å². The summed E-state index contributed by atoms with van der Waals surface area (Å²) >= 11 is 0. The van der Waals surface area contributed by atoms with Crippen LogP contribution in [0.5, 0.6) is 11.5 Å². The maximum atomic E-state index is 9.54. The summed E-state index contributed by atoms with van der Waals surface area (Å²) in [5.41, 5.74) is 10.3. The minimum atomic E-state index is -0.0167. The second-order valence-corrected chi connectivity index (χ2v) is 18.8. The quantitative estimate of drug-likeness (QED) is 0.123. The number of fused-ring (bicyclic) bond motifs is 4. The SMILES string of the molecule is CC(C)Oc1ccc(-c2nc(-c3cccc4c3CCC43CCN(CCO)C3)no2)cc1C#N.CCCN1CCC2(CCc3c(-c4noc(-c5ccc(OC(C)C)c(C#N)c5)n4)cccc32)C1. The fourth-order valence-corrected chi connectivity index (χ4v) is 10.8. The largest absolute Gasteiger partial charge is 0.490 e. The Labute approximate surface area is 387 Å². The van der Waals surface area contributed by atoms with Gasteiger partial charge in [-0.3, -0.25) is 0 Å². The molecule has 2 unspecified atom stereocenters. The number of hydrogen-bond acceptors (Lipinski definition) is 13. The lowest BCUT2D eigenvalue weighted by atomic mass is 9.81. The first-order valence-corrected chi connectivity index (χ1v) is 23.5. The fourth-order valence-electron chi connectivity index (χ4n) is 10.8. The molecular formula is C53H58N8O5. The van der Waals surface area contributed by atoms with Gasteiger partial charge in [-0.05, 0) is 151 Å². The molecule has 6 aromatic rings. The Balaban J connectivity index is 0.000000166. The number of ether oxygens (including phenoxy) is 2. The molecule has 13 nitrogen and oxygen atoms in total. The van der Waals surface area contributed by atoms with Gasteiger partial charge in [-0.15, -0.1) is 0 Å². The third kappa shape index (κ3) is 8.71. The number of aliphatic hydroxyl groups excluding tert-OH is 1. The molecule has 0 radical (unpaired) electrons. The molecule has 2 fully saturated rings. The lowest BCUT2D eigenvalue weighted by Crippen LogP contribution is -2.30. The molecular weight excluding hydrogens is 829 g/mol. The molecule has 2 aliphatic heterocycles. The Bertz CT molecular complexity index is 2610. The first-order chi connectivity index (χ1) is 32.1. The molecule has 2 atom stereocenters. The van der Waals surface area contributed by atoms with Crippen molar-refractivity contribution in [1.82, 2.24) is 30.1 Å². The molecule has 0 bridgehead atoms. The second kappa shape index (κ2) is 18.8. The van der Waals surface area contributed by atoms with Gasteiger partial charge in [0.15, 0.2) is 0 Å². The number of β-amino-alcohol motifs (C(OH)–C–C–N with tert-alkyl or cyclic N) is 1. The fraction of sp³-hybridized carbons (Fsp3) is 0.434. The normalized spacial score (nSPS) is 19.8. The van der Waals surface area contributed by atoms with E-state index in [1.54, 1.807) is 24.3 Å². The van der Waals surface area contributed by atoms with Crippen LogP contribution in [-0.4, -0.2) is 93.3 Å². The van der Waals surface area contributed by atoms with Gasteiger partial charge in [-0.2, -0.15) is 20.5 Å². The maximum Gasteiger partial charge on any atom is 0.258 e. The molecule has 10 rings (SSSR count). The van der Waals surface area contributed by atoms with E-state index in [1.807, 2.05) is 39.8 Å². The molecule has 4 heterocycles. The van der Waals surface area contributed by atoms with Crippen LogP contribution in [0.4, 0.5) is 0 Å². The summed E-state index contributed by atoms with van der Waals surface area (Å²) < 4.78 is 22.7. The van der Waals surface area contributed by atoms with Crippen LogP contribution in [-0.2, 0) is 23.7 Å². The van der Waals surface area contributed by atoms with Crippen molar-refractivity contribution in [1.29, 1.82) is 10.5 Å². The molecule has 2 spiro atoms. The molecule has 4 aromatic carbocycles. The maximum absolute atomic E-state index is 9.54. The van der Waals surface area contributed by atoms with E-state index in [-0.39, 0.29) is 29.6 Å². The summed E-state index contributed by atoms with van der Waals surface area (Å²) in [6.45, 7) is 16.4. The molecule has 4 aliphatic rings. The van der Waals surface area contributed by atoms with Crippen molar-refractivity contribution < 1.29 is 23.6 Å². The van der Waals surface area contributed by atoms with Gasteiger partial charge in [0.1, 0.15) is 23.6 Å². The minimum Gasteiger partial charge on any atom is -0.490 e. The number of rotatable bonds is 12. The molecule has 0 amide bonds. The number of nitrogens with zero attached hydrogens (tertiary/aromatic N) is 8. The van der Waals surface area contributed by atoms with Crippen molar-refractivity contribution >= 4 is 0 Å². The number of hydrogen-bond donors (Lipinski definition) is 1. The van der Waals surface area contributed by atoms with Gasteiger partial charge < -0.3 is 33.4 Å². The van der Waals surface area contributed by atoms with Gasteiger partial charge in [-0.1, -0.05) is 53.6 Å². The lowest BCUT2D eigenvalue weighted by molar-refractivity contribution is 0.213. The summed E-state index contributed by atoms with van der Waals surface area (Å²) in [7, 11) is 0. The highest BCUT2D eigenvalue weighted by molar-refractivity contribution is 5.69. The Morgan fingerprint density at radius 2 is 1.14 bits per heavy atom. The van der Waals surface area contributed by atoms with Crippen LogP contribution >= 0.6 is 0 Å². The van der Waals surface area contributed by atoms with Gasteiger partial charge in [0.2, 0.25) is 11.6 Å². The molecule has 2 saturated heterocycles. The molecule has 340 valence electrons. The van der Waals surface area contributed by atoms with Crippen LogP contribution < -0.4 is 9.47 Å². The van der Waals surface area contributed by atoms with Crippen LogP contribution in [0, 0.1) is 22.7 Å². The topological polar surface area (TPSA) is 171 Å². The molecule has 66 heavy (non-hydrogen) atoms. The number of nitriles is 2. The second-order valence-electron chi connectivity index (χ2n) is 18.8. The number of likely N-dealkylation sites (tertiary alicyclic amines) is 2. The van der Waals surface area contributed by atoms with E-state index >= 15 is 0 Å². The lowest BCUT2D eigenvalue weighted by Gasteiger charge is -2.25. The highest BCUT2D eigenvalue weighted by Gasteiger charge is 2.46. The average Bonchev–Trinajstić information content (AvgIpc) is 4.20. The van der Waals surface area contributed by atoms with Gasteiger partial charge in [0, 0.05) is 52.7 Å². The number of benzene rings is 4.